The summed E-state index contributed by atoms with van der Waals surface area (Å²) in [5.74, 6) is 0.578. The Hall–Kier alpha value is -1.51. The van der Waals surface area contributed by atoms with Crippen LogP contribution in [0.2, 0.25) is 0 Å². The molecule has 0 aromatic heterocycles. The standard InChI is InChI=1S/C19H30O3/c1-12(2)22-16-14(18(3,4)5)10-13(17(20)21-9)11-15(16)19(6,7)8/h10-12H,1-9H3. The van der Waals surface area contributed by atoms with Gasteiger partial charge < -0.3 is 9.47 Å². The van der Waals surface area contributed by atoms with Crippen LogP contribution < -0.4 is 4.74 Å². The number of hydrogen-bond donors (Lipinski definition) is 0. The summed E-state index contributed by atoms with van der Waals surface area (Å²) in [7, 11) is 1.41. The fourth-order valence-electron chi connectivity index (χ4n) is 2.34. The molecule has 1 aromatic carbocycles. The Morgan fingerprint density at radius 3 is 1.64 bits per heavy atom. The van der Waals surface area contributed by atoms with E-state index in [0.717, 1.165) is 16.9 Å². The smallest absolute Gasteiger partial charge is 0.337 e. The van der Waals surface area contributed by atoms with Crippen molar-refractivity contribution in [3.63, 3.8) is 0 Å². The van der Waals surface area contributed by atoms with E-state index < -0.39 is 0 Å². The van der Waals surface area contributed by atoms with Gasteiger partial charge in [0.2, 0.25) is 0 Å². The summed E-state index contributed by atoms with van der Waals surface area (Å²) in [5.41, 5.74) is 2.39. The molecule has 0 aliphatic heterocycles. The Balaban J connectivity index is 3.73. The molecule has 0 saturated carbocycles. The number of methoxy groups -OCH3 is 1. The second kappa shape index (κ2) is 6.31. The molecule has 0 heterocycles. The van der Waals surface area contributed by atoms with Crippen LogP contribution in [-0.4, -0.2) is 19.2 Å². The van der Waals surface area contributed by atoms with Crippen LogP contribution in [0, 0.1) is 0 Å². The molecule has 0 unspecified atom stereocenters. The average molecular weight is 306 g/mol. The minimum Gasteiger partial charge on any atom is -0.490 e. The van der Waals surface area contributed by atoms with Gasteiger partial charge in [-0.2, -0.15) is 0 Å². The third-order valence-corrected chi connectivity index (χ3v) is 3.48. The molecule has 0 bridgehead atoms. The maximum atomic E-state index is 12.0. The van der Waals surface area contributed by atoms with Gasteiger partial charge in [-0.25, -0.2) is 4.79 Å². The van der Waals surface area contributed by atoms with Crippen LogP contribution in [0.4, 0.5) is 0 Å². The maximum Gasteiger partial charge on any atom is 0.337 e. The molecular weight excluding hydrogens is 276 g/mol. The average Bonchev–Trinajstić information content (AvgIpc) is 2.34. The summed E-state index contributed by atoms with van der Waals surface area (Å²) in [6, 6.07) is 3.80. The quantitative estimate of drug-likeness (QED) is 0.748. The zero-order valence-electron chi connectivity index (χ0n) is 15.5. The van der Waals surface area contributed by atoms with Gasteiger partial charge in [0.05, 0.1) is 18.8 Å². The molecule has 0 aliphatic carbocycles. The molecule has 1 aromatic rings. The summed E-state index contributed by atoms with van der Waals surface area (Å²) < 4.78 is 11.1. The number of carbonyl (C=O) groups is 1. The van der Waals surface area contributed by atoms with Crippen LogP contribution in [0.3, 0.4) is 0 Å². The Labute approximate surface area is 135 Å². The minimum atomic E-state index is -0.313. The van der Waals surface area contributed by atoms with Crippen molar-refractivity contribution in [2.45, 2.75) is 72.3 Å². The van der Waals surface area contributed by atoms with Crippen molar-refractivity contribution in [2.75, 3.05) is 7.11 Å². The van der Waals surface area contributed by atoms with E-state index in [1.807, 2.05) is 26.0 Å². The SMILES string of the molecule is COC(=O)c1cc(C(C)(C)C)c(OC(C)C)c(C(C)(C)C)c1. The van der Waals surface area contributed by atoms with Crippen molar-refractivity contribution >= 4 is 5.97 Å². The van der Waals surface area contributed by atoms with Gasteiger partial charge in [-0.1, -0.05) is 41.5 Å². The molecule has 0 saturated heterocycles. The number of carbonyl (C=O) groups excluding carboxylic acids is 1. The molecule has 1 rings (SSSR count). The molecule has 124 valence electrons. The first kappa shape index (κ1) is 18.5. The van der Waals surface area contributed by atoms with E-state index in [9.17, 15) is 4.79 Å². The third kappa shape index (κ3) is 4.25. The Morgan fingerprint density at radius 1 is 0.955 bits per heavy atom. The zero-order chi connectivity index (χ0) is 17.3. The molecule has 22 heavy (non-hydrogen) atoms. The number of benzene rings is 1. The molecule has 0 fully saturated rings. The van der Waals surface area contributed by atoms with E-state index in [2.05, 4.69) is 41.5 Å². The van der Waals surface area contributed by atoms with Gasteiger partial charge in [-0.15, -0.1) is 0 Å². The van der Waals surface area contributed by atoms with Crippen LogP contribution in [0.25, 0.3) is 0 Å². The van der Waals surface area contributed by atoms with Gasteiger partial charge in [0.1, 0.15) is 5.75 Å². The lowest BCUT2D eigenvalue weighted by molar-refractivity contribution is 0.0600. The maximum absolute atomic E-state index is 12.0. The first-order chi connectivity index (χ1) is 9.87. The molecule has 3 nitrogen and oxygen atoms in total. The van der Waals surface area contributed by atoms with Crippen molar-refractivity contribution < 1.29 is 14.3 Å². The van der Waals surface area contributed by atoms with E-state index in [1.54, 1.807) is 0 Å². The molecule has 3 heteroatoms. The zero-order valence-corrected chi connectivity index (χ0v) is 15.5. The summed E-state index contributed by atoms with van der Waals surface area (Å²) in [6.07, 6.45) is 0.0752. The van der Waals surface area contributed by atoms with Gasteiger partial charge in [0, 0.05) is 11.1 Å². The van der Waals surface area contributed by atoms with Crippen LogP contribution in [0.5, 0.6) is 5.75 Å². The van der Waals surface area contributed by atoms with E-state index in [1.165, 1.54) is 7.11 Å². The van der Waals surface area contributed by atoms with Crippen molar-refractivity contribution in [3.05, 3.63) is 28.8 Å². The van der Waals surface area contributed by atoms with Gasteiger partial charge in [0.25, 0.3) is 0 Å². The number of esters is 1. The van der Waals surface area contributed by atoms with Gasteiger partial charge in [0.15, 0.2) is 0 Å². The fraction of sp³-hybridized carbons (Fsp3) is 0.632. The summed E-state index contributed by atoms with van der Waals surface area (Å²) in [4.78, 5) is 12.0. The van der Waals surface area contributed by atoms with Crippen LogP contribution in [0.1, 0.15) is 76.9 Å². The second-order valence-corrected chi connectivity index (χ2v) is 8.06. The minimum absolute atomic E-state index is 0.0752. The third-order valence-electron chi connectivity index (χ3n) is 3.48. The van der Waals surface area contributed by atoms with Crippen LogP contribution >= 0.6 is 0 Å². The Morgan fingerprint density at radius 2 is 1.36 bits per heavy atom. The van der Waals surface area contributed by atoms with Gasteiger partial charge in [-0.05, 0) is 36.8 Å². The normalized spacial score (nSPS) is 12.5. The number of hydrogen-bond acceptors (Lipinski definition) is 3. The predicted octanol–water partition coefficient (Wildman–Crippen LogP) is 4.86. The molecule has 0 aliphatic rings. The fourth-order valence-corrected chi connectivity index (χ4v) is 2.34. The van der Waals surface area contributed by atoms with Gasteiger partial charge in [-0.3, -0.25) is 0 Å². The highest BCUT2D eigenvalue weighted by molar-refractivity contribution is 5.90. The van der Waals surface area contributed by atoms with E-state index in [-0.39, 0.29) is 22.9 Å². The van der Waals surface area contributed by atoms with E-state index in [0.29, 0.717) is 5.56 Å². The summed E-state index contributed by atoms with van der Waals surface area (Å²) in [5, 5.41) is 0. The molecule has 0 spiro atoms. The highest BCUT2D eigenvalue weighted by Crippen LogP contribution is 2.41. The molecule has 0 N–H and O–H groups in total. The largest absolute Gasteiger partial charge is 0.490 e. The number of rotatable bonds is 3. The predicted molar refractivity (Wildman–Crippen MR) is 90.9 cm³/mol. The monoisotopic (exact) mass is 306 g/mol. The summed E-state index contributed by atoms with van der Waals surface area (Å²) in [6.45, 7) is 16.8. The topological polar surface area (TPSA) is 35.5 Å². The van der Waals surface area contributed by atoms with Crippen LogP contribution in [-0.2, 0) is 15.6 Å². The Bertz CT molecular complexity index is 508. The van der Waals surface area contributed by atoms with Crippen molar-refractivity contribution in [1.82, 2.24) is 0 Å². The molecular formula is C19H30O3. The highest BCUT2D eigenvalue weighted by atomic mass is 16.5. The van der Waals surface area contributed by atoms with E-state index in [4.69, 9.17) is 9.47 Å². The lowest BCUT2D eigenvalue weighted by atomic mass is 9.78. The first-order valence-electron chi connectivity index (χ1n) is 7.82. The van der Waals surface area contributed by atoms with Crippen molar-refractivity contribution in [3.8, 4) is 5.75 Å². The van der Waals surface area contributed by atoms with E-state index >= 15 is 0 Å². The summed E-state index contributed by atoms with van der Waals surface area (Å²) >= 11 is 0. The Kier molecular flexibility index (Phi) is 5.32. The lowest BCUT2D eigenvalue weighted by Gasteiger charge is -2.31. The van der Waals surface area contributed by atoms with Crippen LogP contribution in [0.15, 0.2) is 12.1 Å². The lowest BCUT2D eigenvalue weighted by Crippen LogP contribution is -2.23. The highest BCUT2D eigenvalue weighted by Gasteiger charge is 2.29. The molecule has 0 radical (unpaired) electrons. The van der Waals surface area contributed by atoms with Crippen molar-refractivity contribution in [1.29, 1.82) is 0 Å². The first-order valence-corrected chi connectivity index (χ1v) is 7.82. The van der Waals surface area contributed by atoms with Crippen molar-refractivity contribution in [2.24, 2.45) is 0 Å². The number of ether oxygens (including phenoxy) is 2. The van der Waals surface area contributed by atoms with Gasteiger partial charge >= 0.3 is 5.97 Å². The molecule has 0 atom stereocenters. The molecule has 0 amide bonds. The second-order valence-electron chi connectivity index (χ2n) is 8.06.